The van der Waals surface area contributed by atoms with E-state index in [0.717, 1.165) is 30.3 Å². The molecule has 0 aromatic heterocycles. The molecule has 2 aliphatic rings. The highest BCUT2D eigenvalue weighted by Crippen LogP contribution is 2.37. The van der Waals surface area contributed by atoms with Crippen LogP contribution in [0.15, 0.2) is 18.2 Å². The van der Waals surface area contributed by atoms with Crippen LogP contribution in [-0.2, 0) is 4.74 Å². The van der Waals surface area contributed by atoms with Crippen LogP contribution in [-0.4, -0.2) is 32.4 Å². The number of anilines is 2. The molecule has 18 heavy (non-hydrogen) atoms. The maximum absolute atomic E-state index is 6.12. The molecule has 2 unspecified atom stereocenters. The Kier molecular flexibility index (Phi) is 3.04. The Morgan fingerprint density at radius 2 is 2.28 bits per heavy atom. The number of hydrogen-bond acceptors (Lipinski definition) is 4. The lowest BCUT2D eigenvalue weighted by Gasteiger charge is -2.40. The van der Waals surface area contributed by atoms with E-state index in [1.54, 1.807) is 7.11 Å². The third kappa shape index (κ3) is 1.90. The van der Waals surface area contributed by atoms with Gasteiger partial charge in [0.25, 0.3) is 0 Å². The van der Waals surface area contributed by atoms with Crippen LogP contribution in [0.4, 0.5) is 11.4 Å². The number of ether oxygens (including phenoxy) is 2. The van der Waals surface area contributed by atoms with Crippen LogP contribution in [0.2, 0.25) is 0 Å². The first-order valence-corrected chi connectivity index (χ1v) is 6.61. The molecule has 2 N–H and O–H groups in total. The van der Waals surface area contributed by atoms with E-state index in [4.69, 9.17) is 15.2 Å². The van der Waals surface area contributed by atoms with E-state index in [2.05, 4.69) is 4.90 Å². The van der Waals surface area contributed by atoms with Crippen molar-refractivity contribution >= 4 is 11.4 Å². The maximum atomic E-state index is 6.12. The lowest BCUT2D eigenvalue weighted by atomic mass is 10.1. The van der Waals surface area contributed by atoms with E-state index in [9.17, 15) is 0 Å². The van der Waals surface area contributed by atoms with Crippen LogP contribution < -0.4 is 15.4 Å². The van der Waals surface area contributed by atoms with Gasteiger partial charge < -0.3 is 20.1 Å². The van der Waals surface area contributed by atoms with Gasteiger partial charge in [-0.2, -0.15) is 0 Å². The van der Waals surface area contributed by atoms with Crippen molar-refractivity contribution in [2.75, 3.05) is 30.9 Å². The number of hydrogen-bond donors (Lipinski definition) is 1. The Labute approximate surface area is 108 Å². The third-order valence-corrected chi connectivity index (χ3v) is 4.03. The Morgan fingerprint density at radius 1 is 1.39 bits per heavy atom. The Balaban J connectivity index is 1.93. The van der Waals surface area contributed by atoms with Crippen molar-refractivity contribution in [2.24, 2.45) is 0 Å². The van der Waals surface area contributed by atoms with Gasteiger partial charge in [-0.05, 0) is 31.4 Å². The lowest BCUT2D eigenvalue weighted by Crippen LogP contribution is -2.48. The third-order valence-electron chi connectivity index (χ3n) is 4.03. The summed E-state index contributed by atoms with van der Waals surface area (Å²) in [5.41, 5.74) is 8.03. The smallest absolute Gasteiger partial charge is 0.121 e. The van der Waals surface area contributed by atoms with Gasteiger partial charge in [-0.15, -0.1) is 0 Å². The van der Waals surface area contributed by atoms with Crippen LogP contribution in [0.1, 0.15) is 19.3 Å². The molecule has 1 aromatic carbocycles. The summed E-state index contributed by atoms with van der Waals surface area (Å²) >= 11 is 0. The number of fused-ring (bicyclic) bond motifs is 1. The van der Waals surface area contributed by atoms with E-state index in [0.29, 0.717) is 12.1 Å². The zero-order valence-corrected chi connectivity index (χ0v) is 10.8. The molecule has 1 aliphatic heterocycles. The van der Waals surface area contributed by atoms with Crippen molar-refractivity contribution in [1.29, 1.82) is 0 Å². The normalized spacial score (nSPS) is 27.1. The fourth-order valence-electron chi connectivity index (χ4n) is 3.12. The Morgan fingerprint density at radius 3 is 3.11 bits per heavy atom. The summed E-state index contributed by atoms with van der Waals surface area (Å²) in [6.07, 6.45) is 3.99. The van der Waals surface area contributed by atoms with Gasteiger partial charge in [-0.25, -0.2) is 0 Å². The largest absolute Gasteiger partial charge is 0.497 e. The van der Waals surface area contributed by atoms with Crippen LogP contribution in [0.25, 0.3) is 0 Å². The first kappa shape index (κ1) is 11.7. The topological polar surface area (TPSA) is 47.7 Å². The van der Waals surface area contributed by atoms with E-state index < -0.39 is 0 Å². The molecule has 1 saturated carbocycles. The average Bonchev–Trinajstić information content (AvgIpc) is 2.87. The minimum absolute atomic E-state index is 0.379. The molecule has 0 spiro atoms. The van der Waals surface area contributed by atoms with Gasteiger partial charge in [0.2, 0.25) is 0 Å². The van der Waals surface area contributed by atoms with E-state index in [1.165, 1.54) is 19.3 Å². The predicted octanol–water partition coefficient (Wildman–Crippen LogP) is 2.04. The number of rotatable bonds is 2. The van der Waals surface area contributed by atoms with Crippen LogP contribution in [0.5, 0.6) is 5.75 Å². The first-order valence-electron chi connectivity index (χ1n) is 6.61. The predicted molar refractivity (Wildman–Crippen MR) is 72.1 cm³/mol. The number of nitrogen functional groups attached to an aromatic ring is 1. The van der Waals surface area contributed by atoms with E-state index >= 15 is 0 Å². The minimum atomic E-state index is 0.379. The summed E-state index contributed by atoms with van der Waals surface area (Å²) in [6.45, 7) is 1.70. The van der Waals surface area contributed by atoms with Crippen molar-refractivity contribution < 1.29 is 9.47 Å². The van der Waals surface area contributed by atoms with Crippen molar-refractivity contribution in [3.63, 3.8) is 0 Å². The zero-order valence-electron chi connectivity index (χ0n) is 10.8. The van der Waals surface area contributed by atoms with E-state index in [-0.39, 0.29) is 0 Å². The van der Waals surface area contributed by atoms with Gasteiger partial charge in [-0.3, -0.25) is 0 Å². The zero-order chi connectivity index (χ0) is 12.5. The molecular formula is C14H20N2O2. The molecule has 2 fully saturated rings. The molecule has 98 valence electrons. The van der Waals surface area contributed by atoms with Gasteiger partial charge in [0.15, 0.2) is 0 Å². The molecule has 4 heteroatoms. The monoisotopic (exact) mass is 248 g/mol. The molecule has 1 saturated heterocycles. The molecule has 1 aromatic rings. The molecule has 2 atom stereocenters. The van der Waals surface area contributed by atoms with Crippen molar-refractivity contribution in [1.82, 2.24) is 0 Å². The molecule has 1 heterocycles. The summed E-state index contributed by atoms with van der Waals surface area (Å²) in [6, 6.07) is 6.35. The molecule has 3 rings (SSSR count). The van der Waals surface area contributed by atoms with Gasteiger partial charge in [0.1, 0.15) is 5.75 Å². The molecule has 1 aliphatic carbocycles. The van der Waals surface area contributed by atoms with Gasteiger partial charge in [0.05, 0.1) is 37.2 Å². The number of nitrogens with zero attached hydrogens (tertiary/aromatic N) is 1. The van der Waals surface area contributed by atoms with Crippen LogP contribution in [0.3, 0.4) is 0 Å². The second kappa shape index (κ2) is 4.69. The van der Waals surface area contributed by atoms with Crippen molar-refractivity contribution in [2.45, 2.75) is 31.4 Å². The van der Waals surface area contributed by atoms with Gasteiger partial charge in [0, 0.05) is 12.6 Å². The minimum Gasteiger partial charge on any atom is -0.497 e. The standard InChI is InChI=1S/C14H20N2O2/c1-17-10-5-6-11(15)13(9-10)16-7-8-18-14-4-2-3-12(14)16/h5-6,9,12,14H,2-4,7-8,15H2,1H3. The lowest BCUT2D eigenvalue weighted by molar-refractivity contribution is 0.0257. The summed E-state index contributed by atoms with van der Waals surface area (Å²) in [5, 5.41) is 0. The second-order valence-electron chi connectivity index (χ2n) is 5.03. The highest BCUT2D eigenvalue weighted by atomic mass is 16.5. The van der Waals surface area contributed by atoms with Crippen LogP contribution >= 0.6 is 0 Å². The Bertz CT molecular complexity index is 436. The number of benzene rings is 1. The van der Waals surface area contributed by atoms with E-state index in [1.807, 2.05) is 18.2 Å². The fraction of sp³-hybridized carbons (Fsp3) is 0.571. The average molecular weight is 248 g/mol. The van der Waals surface area contributed by atoms with Gasteiger partial charge >= 0.3 is 0 Å². The molecule has 0 bridgehead atoms. The highest BCUT2D eigenvalue weighted by molar-refractivity contribution is 5.70. The Hall–Kier alpha value is -1.42. The van der Waals surface area contributed by atoms with Crippen molar-refractivity contribution in [3.8, 4) is 5.75 Å². The van der Waals surface area contributed by atoms with Crippen molar-refractivity contribution in [3.05, 3.63) is 18.2 Å². The molecule has 0 radical (unpaired) electrons. The SMILES string of the molecule is COc1ccc(N)c(N2CCOC3CCCC32)c1. The number of methoxy groups -OCH3 is 1. The summed E-state index contributed by atoms with van der Waals surface area (Å²) in [4.78, 5) is 2.40. The summed E-state index contributed by atoms with van der Waals surface area (Å²) < 4.78 is 11.1. The maximum Gasteiger partial charge on any atom is 0.121 e. The van der Waals surface area contributed by atoms with Crippen LogP contribution in [0, 0.1) is 0 Å². The molecular weight excluding hydrogens is 228 g/mol. The number of nitrogens with two attached hydrogens (primary N) is 1. The first-order chi connectivity index (χ1) is 8.79. The second-order valence-corrected chi connectivity index (χ2v) is 5.03. The summed E-state index contributed by atoms with van der Waals surface area (Å²) in [5.74, 6) is 0.861. The molecule has 4 nitrogen and oxygen atoms in total. The van der Waals surface area contributed by atoms with Gasteiger partial charge in [-0.1, -0.05) is 0 Å². The summed E-state index contributed by atoms with van der Waals surface area (Å²) in [7, 11) is 1.69. The number of morpholine rings is 1. The quantitative estimate of drug-likeness (QED) is 0.814. The molecule has 0 amide bonds. The highest BCUT2D eigenvalue weighted by Gasteiger charge is 2.36. The fourth-order valence-corrected chi connectivity index (χ4v) is 3.12.